The maximum atomic E-state index is 13.0. The van der Waals surface area contributed by atoms with Crippen LogP contribution in [0.1, 0.15) is 23.1 Å². The Morgan fingerprint density at radius 3 is 2.29 bits per heavy atom. The molecule has 186 valence electrons. The predicted molar refractivity (Wildman–Crippen MR) is 119 cm³/mol. The molecule has 3 rings (SSSR count). The normalized spacial score (nSPS) is 15.9. The molecule has 1 N–H and O–H groups in total. The summed E-state index contributed by atoms with van der Waals surface area (Å²) in [6, 6.07) is 10.4. The summed E-state index contributed by atoms with van der Waals surface area (Å²) in [6.07, 6.45) is -3.48. The molecule has 0 saturated carbocycles. The lowest BCUT2D eigenvalue weighted by atomic mass is 10.1. The second kappa shape index (κ2) is 10.7. The quantitative estimate of drug-likeness (QED) is 0.568. The highest BCUT2D eigenvalue weighted by Gasteiger charge is 2.31. The Balaban J connectivity index is 1.49. The lowest BCUT2D eigenvalue weighted by molar-refractivity contribution is -0.274. The maximum Gasteiger partial charge on any atom is 0.573 e. The summed E-state index contributed by atoms with van der Waals surface area (Å²) in [4.78, 5) is 13.3. The summed E-state index contributed by atoms with van der Waals surface area (Å²) in [5.41, 5.74) is 2.10. The minimum absolute atomic E-state index is 0.0979. The number of ether oxygens (including phenoxy) is 1. The van der Waals surface area contributed by atoms with Crippen LogP contribution in [0.5, 0.6) is 5.75 Å². The predicted octanol–water partition coefficient (Wildman–Crippen LogP) is 3.46. The third-order valence-electron chi connectivity index (χ3n) is 5.73. The van der Waals surface area contributed by atoms with Gasteiger partial charge in [0.2, 0.25) is 10.0 Å². The number of nitrogens with zero attached hydrogens (tertiary/aromatic N) is 2. The van der Waals surface area contributed by atoms with Crippen molar-refractivity contribution in [2.24, 2.45) is 0 Å². The largest absolute Gasteiger partial charge is 0.573 e. The first kappa shape index (κ1) is 26.0. The van der Waals surface area contributed by atoms with E-state index in [-0.39, 0.29) is 17.1 Å². The Morgan fingerprint density at radius 2 is 1.71 bits per heavy atom. The fraction of sp³-hybridized carbons (Fsp3) is 0.435. The molecule has 0 aliphatic carbocycles. The van der Waals surface area contributed by atoms with Crippen molar-refractivity contribution in [1.29, 1.82) is 0 Å². The summed E-state index contributed by atoms with van der Waals surface area (Å²) in [6.45, 7) is 4.26. The minimum Gasteiger partial charge on any atom is -0.481 e. The standard InChI is InChI=1S/C23H27F3N2O5S/c1-17-4-9-21(15-19(17)16-22(29)30)34(31,32)28-13-11-27(12-14-28)10-2-3-18-5-7-20(8-6-18)33-23(24,25)26/h4-9,15H,2-3,10-14,16H2,1H3,(H,29,30). The highest BCUT2D eigenvalue weighted by atomic mass is 32.2. The van der Waals surface area contributed by atoms with Gasteiger partial charge in [0.05, 0.1) is 11.3 Å². The summed E-state index contributed by atoms with van der Waals surface area (Å²) in [5.74, 6) is -1.27. The molecular weight excluding hydrogens is 473 g/mol. The minimum atomic E-state index is -4.71. The van der Waals surface area contributed by atoms with E-state index >= 15 is 0 Å². The van der Waals surface area contributed by atoms with Gasteiger partial charge in [-0.05, 0) is 67.3 Å². The van der Waals surface area contributed by atoms with E-state index in [0.717, 1.165) is 24.1 Å². The molecule has 34 heavy (non-hydrogen) atoms. The van der Waals surface area contributed by atoms with Gasteiger partial charge in [-0.25, -0.2) is 8.42 Å². The Bertz CT molecular complexity index is 1100. The van der Waals surface area contributed by atoms with Crippen molar-refractivity contribution in [3.05, 3.63) is 59.2 Å². The molecule has 0 bridgehead atoms. The van der Waals surface area contributed by atoms with Crippen molar-refractivity contribution in [3.63, 3.8) is 0 Å². The number of piperazine rings is 1. The highest BCUT2D eigenvalue weighted by molar-refractivity contribution is 7.89. The average Bonchev–Trinajstić information content (AvgIpc) is 2.75. The van der Waals surface area contributed by atoms with Crippen LogP contribution in [0, 0.1) is 6.92 Å². The van der Waals surface area contributed by atoms with Gasteiger partial charge in [-0.1, -0.05) is 18.2 Å². The van der Waals surface area contributed by atoms with Gasteiger partial charge in [0.1, 0.15) is 5.75 Å². The third-order valence-corrected chi connectivity index (χ3v) is 7.62. The van der Waals surface area contributed by atoms with E-state index in [0.29, 0.717) is 38.2 Å². The summed E-state index contributed by atoms with van der Waals surface area (Å²) in [5, 5.41) is 9.05. The SMILES string of the molecule is Cc1ccc(S(=O)(=O)N2CCN(CCCc3ccc(OC(F)(F)F)cc3)CC2)cc1CC(=O)O. The van der Waals surface area contributed by atoms with Crippen molar-refractivity contribution in [2.75, 3.05) is 32.7 Å². The van der Waals surface area contributed by atoms with E-state index in [1.165, 1.54) is 28.6 Å². The fourth-order valence-electron chi connectivity index (χ4n) is 3.87. The number of rotatable bonds is 9. The van der Waals surface area contributed by atoms with Crippen molar-refractivity contribution in [2.45, 2.75) is 37.4 Å². The number of benzene rings is 2. The molecule has 2 aromatic carbocycles. The summed E-state index contributed by atoms with van der Waals surface area (Å²) >= 11 is 0. The van der Waals surface area contributed by atoms with Crippen LogP contribution in [-0.4, -0.2) is 67.8 Å². The van der Waals surface area contributed by atoms with Crippen LogP contribution in [0.3, 0.4) is 0 Å². The summed E-state index contributed by atoms with van der Waals surface area (Å²) < 4.78 is 68.1. The van der Waals surface area contributed by atoms with Crippen LogP contribution in [0.25, 0.3) is 0 Å². The average molecular weight is 501 g/mol. The second-order valence-corrected chi connectivity index (χ2v) is 10.1. The first-order valence-electron chi connectivity index (χ1n) is 10.8. The number of hydrogen-bond acceptors (Lipinski definition) is 5. The molecule has 0 amide bonds. The molecule has 0 radical (unpaired) electrons. The monoisotopic (exact) mass is 500 g/mol. The Morgan fingerprint density at radius 1 is 1.06 bits per heavy atom. The number of sulfonamides is 1. The molecule has 0 atom stereocenters. The van der Waals surface area contributed by atoms with Crippen molar-refractivity contribution < 1.29 is 36.2 Å². The molecular formula is C23H27F3N2O5S. The van der Waals surface area contributed by atoms with Crippen LogP contribution < -0.4 is 4.74 Å². The van der Waals surface area contributed by atoms with Crippen LogP contribution in [0.15, 0.2) is 47.4 Å². The molecule has 1 aliphatic rings. The van der Waals surface area contributed by atoms with Gasteiger partial charge >= 0.3 is 12.3 Å². The fourth-order valence-corrected chi connectivity index (χ4v) is 5.34. The van der Waals surface area contributed by atoms with Gasteiger partial charge in [-0.2, -0.15) is 4.31 Å². The van der Waals surface area contributed by atoms with Gasteiger partial charge in [-0.3, -0.25) is 4.79 Å². The first-order chi connectivity index (χ1) is 15.9. The van der Waals surface area contributed by atoms with Gasteiger partial charge in [0.25, 0.3) is 0 Å². The zero-order valence-electron chi connectivity index (χ0n) is 18.7. The molecule has 7 nitrogen and oxygen atoms in total. The Kier molecular flexibility index (Phi) is 8.21. The smallest absolute Gasteiger partial charge is 0.481 e. The molecule has 1 heterocycles. The van der Waals surface area contributed by atoms with Crippen LogP contribution >= 0.6 is 0 Å². The van der Waals surface area contributed by atoms with Crippen LogP contribution in [-0.2, 0) is 27.7 Å². The molecule has 2 aromatic rings. The number of aliphatic carboxylic acids is 1. The zero-order chi connectivity index (χ0) is 24.9. The molecule has 1 aliphatic heterocycles. The van der Waals surface area contributed by atoms with E-state index < -0.39 is 22.4 Å². The van der Waals surface area contributed by atoms with Crippen molar-refractivity contribution in [3.8, 4) is 5.75 Å². The number of hydrogen-bond donors (Lipinski definition) is 1. The Labute approximate surface area is 196 Å². The third kappa shape index (κ3) is 7.18. The van der Waals surface area contributed by atoms with Gasteiger partial charge < -0.3 is 14.7 Å². The van der Waals surface area contributed by atoms with Gasteiger partial charge in [0.15, 0.2) is 0 Å². The first-order valence-corrected chi connectivity index (χ1v) is 12.3. The van der Waals surface area contributed by atoms with E-state index in [1.54, 1.807) is 25.1 Å². The summed E-state index contributed by atoms with van der Waals surface area (Å²) in [7, 11) is -3.72. The lowest BCUT2D eigenvalue weighted by Crippen LogP contribution is -2.48. The van der Waals surface area contributed by atoms with Crippen LogP contribution in [0.4, 0.5) is 13.2 Å². The number of halogens is 3. The molecule has 1 fully saturated rings. The highest BCUT2D eigenvalue weighted by Crippen LogP contribution is 2.24. The van der Waals surface area contributed by atoms with E-state index in [1.807, 2.05) is 0 Å². The number of aryl methyl sites for hydroxylation is 2. The topological polar surface area (TPSA) is 87.2 Å². The van der Waals surface area contributed by atoms with Crippen LogP contribution in [0.2, 0.25) is 0 Å². The number of carboxylic acids is 1. The Hall–Kier alpha value is -2.63. The van der Waals surface area contributed by atoms with E-state index in [4.69, 9.17) is 5.11 Å². The second-order valence-electron chi connectivity index (χ2n) is 8.20. The molecule has 1 saturated heterocycles. The van der Waals surface area contributed by atoms with E-state index in [9.17, 15) is 26.4 Å². The van der Waals surface area contributed by atoms with Crippen molar-refractivity contribution >= 4 is 16.0 Å². The lowest BCUT2D eigenvalue weighted by Gasteiger charge is -2.34. The number of carbonyl (C=O) groups is 1. The van der Waals surface area contributed by atoms with Gasteiger partial charge in [-0.15, -0.1) is 13.2 Å². The van der Waals surface area contributed by atoms with E-state index in [2.05, 4.69) is 9.64 Å². The molecule has 0 unspecified atom stereocenters. The maximum absolute atomic E-state index is 13.0. The zero-order valence-corrected chi connectivity index (χ0v) is 19.5. The van der Waals surface area contributed by atoms with Crippen molar-refractivity contribution in [1.82, 2.24) is 9.21 Å². The molecule has 11 heteroatoms. The van der Waals surface area contributed by atoms with Gasteiger partial charge in [0, 0.05) is 26.2 Å². The molecule has 0 spiro atoms. The molecule has 0 aromatic heterocycles. The number of carboxylic acid groups (broad SMARTS) is 1. The number of alkyl halides is 3.